The molecule has 7 nitrogen and oxygen atoms in total. The zero-order valence-corrected chi connectivity index (χ0v) is 20.2. The van der Waals surface area contributed by atoms with Gasteiger partial charge < -0.3 is 9.84 Å². The fourth-order valence-corrected chi connectivity index (χ4v) is 4.08. The van der Waals surface area contributed by atoms with Gasteiger partial charge in [-0.15, -0.1) is 5.10 Å². The number of carboxylic acids is 1. The van der Waals surface area contributed by atoms with E-state index in [0.29, 0.717) is 0 Å². The summed E-state index contributed by atoms with van der Waals surface area (Å²) in [5.74, 6) is -1.83. The Labute approximate surface area is 197 Å². The van der Waals surface area contributed by atoms with Crippen molar-refractivity contribution in [2.45, 2.75) is 104 Å². The lowest BCUT2D eigenvalue weighted by Gasteiger charge is -2.14. The number of nitrogens with zero attached hydrogens (tertiary/aromatic N) is 2. The number of rotatable bonds is 17. The van der Waals surface area contributed by atoms with Gasteiger partial charge in [-0.25, -0.2) is 9.59 Å². The minimum Gasteiger partial charge on any atom is -0.478 e. The molecule has 0 amide bonds. The third kappa shape index (κ3) is 9.36. The van der Waals surface area contributed by atoms with Gasteiger partial charge in [0, 0.05) is 0 Å². The molecule has 2 N–H and O–H groups in total. The van der Waals surface area contributed by atoms with Gasteiger partial charge in [-0.05, 0) is 48.9 Å². The Morgan fingerprint density at radius 2 is 1.33 bits per heavy atom. The first-order valence-corrected chi connectivity index (χ1v) is 12.5. The fraction of sp³-hybridized carbons (Fsp3) is 0.615. The van der Waals surface area contributed by atoms with Crippen LogP contribution in [0.4, 0.5) is 0 Å². The van der Waals surface area contributed by atoms with E-state index < -0.39 is 11.9 Å². The smallest absolute Gasteiger partial charge is 0.345 e. The van der Waals surface area contributed by atoms with Crippen molar-refractivity contribution in [1.29, 1.82) is 0 Å². The molecule has 0 radical (unpaired) electrons. The van der Waals surface area contributed by atoms with Gasteiger partial charge in [-0.1, -0.05) is 78.1 Å². The van der Waals surface area contributed by atoms with Gasteiger partial charge in [-0.3, -0.25) is 0 Å². The highest BCUT2D eigenvalue weighted by molar-refractivity contribution is 6.03. The minimum atomic E-state index is -1.13. The largest absolute Gasteiger partial charge is 0.478 e. The highest BCUT2D eigenvalue weighted by Gasteiger charge is 2.22. The number of hydrogen-bond donors (Lipinski definition) is 2. The van der Waals surface area contributed by atoms with Crippen LogP contribution < -0.4 is 4.74 Å². The Bertz CT molecular complexity index is 849. The summed E-state index contributed by atoms with van der Waals surface area (Å²) in [6.45, 7) is 4.41. The Morgan fingerprint density at radius 3 is 1.82 bits per heavy atom. The molecule has 0 aliphatic heterocycles. The van der Waals surface area contributed by atoms with Crippen molar-refractivity contribution in [3.8, 4) is 5.88 Å². The molecule has 1 heterocycles. The maximum Gasteiger partial charge on any atom is 0.345 e. The van der Waals surface area contributed by atoms with E-state index in [-0.39, 0.29) is 17.0 Å². The van der Waals surface area contributed by atoms with Crippen LogP contribution in [-0.2, 0) is 12.8 Å². The summed E-state index contributed by atoms with van der Waals surface area (Å²) in [5, 5.41) is 19.5. The maximum absolute atomic E-state index is 12.7. The molecule has 0 saturated heterocycles. The molecule has 182 valence electrons. The van der Waals surface area contributed by atoms with Gasteiger partial charge in [0.1, 0.15) is 6.20 Å². The third-order valence-electron chi connectivity index (χ3n) is 5.98. The van der Waals surface area contributed by atoms with E-state index in [1.165, 1.54) is 57.6 Å². The molecule has 0 spiro atoms. The van der Waals surface area contributed by atoms with E-state index in [4.69, 9.17) is 4.74 Å². The van der Waals surface area contributed by atoms with Crippen molar-refractivity contribution in [3.63, 3.8) is 0 Å². The van der Waals surface area contributed by atoms with E-state index >= 15 is 0 Å². The SMILES string of the molecule is CCCCCCCCc1cc(C(=O)O)c(C(=O)Oc2cn[nH]n2)cc1CCCCCCCC. The minimum absolute atomic E-state index is 0.0174. The fourth-order valence-electron chi connectivity index (χ4n) is 4.08. The third-order valence-corrected chi connectivity index (χ3v) is 5.98. The summed E-state index contributed by atoms with van der Waals surface area (Å²) in [4.78, 5) is 24.7. The lowest BCUT2D eigenvalue weighted by atomic mass is 9.91. The van der Waals surface area contributed by atoms with Crippen LogP contribution in [-0.4, -0.2) is 32.5 Å². The number of nitrogens with one attached hydrogen (secondary N) is 1. The molecule has 2 rings (SSSR count). The maximum atomic E-state index is 12.7. The quantitative estimate of drug-likeness (QED) is 0.207. The Balaban J connectivity index is 2.16. The van der Waals surface area contributed by atoms with Crippen molar-refractivity contribution in [2.75, 3.05) is 0 Å². The van der Waals surface area contributed by atoms with Crippen molar-refractivity contribution >= 4 is 11.9 Å². The zero-order valence-electron chi connectivity index (χ0n) is 20.2. The van der Waals surface area contributed by atoms with Gasteiger partial charge >= 0.3 is 11.9 Å². The highest BCUT2D eigenvalue weighted by atomic mass is 16.5. The molecule has 7 heteroatoms. The average Bonchev–Trinajstić information content (AvgIpc) is 3.31. The van der Waals surface area contributed by atoms with Crippen LogP contribution in [0.1, 0.15) is 123 Å². The normalized spacial score (nSPS) is 11.0. The Hall–Kier alpha value is -2.70. The standard InChI is InChI=1S/C26H39N3O4/c1-3-5-7-9-11-13-15-20-17-22(25(30)31)23(26(32)33-24-19-27-29-28-24)18-21(20)16-14-12-10-8-6-4-2/h17-19H,3-16H2,1-2H3,(H,30,31)(H,27,28,29). The lowest BCUT2D eigenvalue weighted by Crippen LogP contribution is -2.16. The number of aromatic carboxylic acids is 1. The summed E-state index contributed by atoms with van der Waals surface area (Å²) in [5.41, 5.74) is 2.14. The number of H-pyrrole nitrogens is 1. The number of unbranched alkanes of at least 4 members (excludes halogenated alkanes) is 10. The van der Waals surface area contributed by atoms with Crippen LogP contribution in [0.5, 0.6) is 5.88 Å². The number of carbonyl (C=O) groups excluding carboxylic acids is 1. The first kappa shape index (κ1) is 26.6. The van der Waals surface area contributed by atoms with Crippen molar-refractivity contribution in [3.05, 3.63) is 40.6 Å². The van der Waals surface area contributed by atoms with Crippen molar-refractivity contribution in [1.82, 2.24) is 15.4 Å². The van der Waals surface area contributed by atoms with Gasteiger partial charge in [0.2, 0.25) is 0 Å². The number of carboxylic acid groups (broad SMARTS) is 1. The molecule has 0 aliphatic carbocycles. The number of aryl methyl sites for hydroxylation is 2. The number of esters is 1. The van der Waals surface area contributed by atoms with Crippen LogP contribution in [0.15, 0.2) is 18.3 Å². The van der Waals surface area contributed by atoms with Crippen LogP contribution in [0.2, 0.25) is 0 Å². The van der Waals surface area contributed by atoms with E-state index in [1.54, 1.807) is 12.1 Å². The van der Waals surface area contributed by atoms with Crippen LogP contribution >= 0.6 is 0 Å². The van der Waals surface area contributed by atoms with Crippen LogP contribution in [0.25, 0.3) is 0 Å². The number of ether oxygens (including phenoxy) is 1. The van der Waals surface area contributed by atoms with Crippen LogP contribution in [0.3, 0.4) is 0 Å². The molecule has 0 atom stereocenters. The second kappa shape index (κ2) is 15.2. The van der Waals surface area contributed by atoms with Gasteiger partial charge in [-0.2, -0.15) is 10.3 Å². The van der Waals surface area contributed by atoms with Gasteiger partial charge in [0.15, 0.2) is 0 Å². The molecule has 0 fully saturated rings. The molecular formula is C26H39N3O4. The molecular weight excluding hydrogens is 418 g/mol. The summed E-state index contributed by atoms with van der Waals surface area (Å²) in [7, 11) is 0. The van der Waals surface area contributed by atoms with E-state index in [9.17, 15) is 14.7 Å². The highest BCUT2D eigenvalue weighted by Crippen LogP contribution is 2.24. The molecule has 2 aromatic rings. The molecule has 33 heavy (non-hydrogen) atoms. The summed E-state index contributed by atoms with van der Waals surface area (Å²) in [6, 6.07) is 3.41. The second-order valence-electron chi connectivity index (χ2n) is 8.70. The average molecular weight is 458 g/mol. The summed E-state index contributed by atoms with van der Waals surface area (Å²) >= 11 is 0. The summed E-state index contributed by atoms with van der Waals surface area (Å²) in [6.07, 6.45) is 17.1. The number of benzene rings is 1. The number of aromatic nitrogens is 3. The summed E-state index contributed by atoms with van der Waals surface area (Å²) < 4.78 is 5.22. The van der Waals surface area contributed by atoms with Crippen molar-refractivity contribution < 1.29 is 19.4 Å². The first-order valence-electron chi connectivity index (χ1n) is 12.5. The topological polar surface area (TPSA) is 105 Å². The van der Waals surface area contributed by atoms with E-state index in [1.807, 2.05) is 0 Å². The predicted octanol–water partition coefficient (Wildman–Crippen LogP) is 6.53. The van der Waals surface area contributed by atoms with E-state index in [0.717, 1.165) is 49.7 Å². The molecule has 0 aliphatic rings. The molecule has 0 saturated carbocycles. The number of aromatic amines is 1. The molecule has 1 aromatic carbocycles. The Kier molecular flexibility index (Phi) is 12.2. The predicted molar refractivity (Wildman–Crippen MR) is 129 cm³/mol. The number of hydrogen-bond acceptors (Lipinski definition) is 5. The second-order valence-corrected chi connectivity index (χ2v) is 8.70. The first-order chi connectivity index (χ1) is 16.1. The molecule has 0 unspecified atom stereocenters. The molecule has 0 bridgehead atoms. The monoisotopic (exact) mass is 457 g/mol. The molecule has 1 aromatic heterocycles. The van der Waals surface area contributed by atoms with Crippen molar-refractivity contribution in [2.24, 2.45) is 0 Å². The lowest BCUT2D eigenvalue weighted by molar-refractivity contribution is 0.0665. The Morgan fingerprint density at radius 1 is 0.818 bits per heavy atom. The zero-order chi connectivity index (χ0) is 23.9. The van der Waals surface area contributed by atoms with E-state index in [2.05, 4.69) is 29.3 Å². The van der Waals surface area contributed by atoms with Gasteiger partial charge in [0.25, 0.3) is 5.88 Å². The van der Waals surface area contributed by atoms with Gasteiger partial charge in [0.05, 0.1) is 11.1 Å². The van der Waals surface area contributed by atoms with Crippen LogP contribution in [0, 0.1) is 0 Å². The number of carbonyl (C=O) groups is 2.